The lowest BCUT2D eigenvalue weighted by Gasteiger charge is -2.16. The van der Waals surface area contributed by atoms with Gasteiger partial charge in [-0.05, 0) is 24.0 Å². The molecule has 17 heavy (non-hydrogen) atoms. The van der Waals surface area contributed by atoms with Gasteiger partial charge in [-0.3, -0.25) is 0 Å². The van der Waals surface area contributed by atoms with Crippen LogP contribution in [0.2, 0.25) is 0 Å². The Morgan fingerprint density at radius 2 is 2.06 bits per heavy atom. The van der Waals surface area contributed by atoms with Crippen LogP contribution in [0.5, 0.6) is 0 Å². The summed E-state index contributed by atoms with van der Waals surface area (Å²) in [5.41, 5.74) is 0.263. The minimum atomic E-state index is 0.263. The Morgan fingerprint density at radius 1 is 1.35 bits per heavy atom. The minimum absolute atomic E-state index is 0.263. The summed E-state index contributed by atoms with van der Waals surface area (Å²) in [5.74, 6) is 0. The van der Waals surface area contributed by atoms with E-state index in [0.29, 0.717) is 6.04 Å². The van der Waals surface area contributed by atoms with Crippen molar-refractivity contribution in [3.05, 3.63) is 21.9 Å². The average molecular weight is 255 g/mol. The molecule has 1 rings (SSSR count). The molecule has 0 spiro atoms. The minimum Gasteiger partial charge on any atom is -0.383 e. The van der Waals surface area contributed by atoms with Crippen LogP contribution < -0.4 is 5.32 Å². The second-order valence-corrected chi connectivity index (χ2v) is 6.63. The standard InChI is InChI=1S/C14H25NOS/c1-6-11(10-16-5)15-9-12-7-8-13(17-12)14(2,3)4/h7-8,11,15H,6,9-10H2,1-5H3. The summed E-state index contributed by atoms with van der Waals surface area (Å²) in [7, 11) is 1.76. The van der Waals surface area contributed by atoms with Crippen LogP contribution in [0, 0.1) is 0 Å². The van der Waals surface area contributed by atoms with Crippen LogP contribution in [0.3, 0.4) is 0 Å². The smallest absolute Gasteiger partial charge is 0.0615 e. The molecular weight excluding hydrogens is 230 g/mol. The third-order valence-electron chi connectivity index (χ3n) is 2.83. The lowest BCUT2D eigenvalue weighted by molar-refractivity contribution is 0.164. The Morgan fingerprint density at radius 3 is 2.53 bits per heavy atom. The van der Waals surface area contributed by atoms with E-state index in [1.807, 2.05) is 11.3 Å². The molecule has 0 fully saturated rings. The van der Waals surface area contributed by atoms with Gasteiger partial charge in [0.05, 0.1) is 6.61 Å². The molecule has 0 aliphatic carbocycles. The molecule has 1 unspecified atom stereocenters. The Labute approximate surface area is 109 Å². The first-order chi connectivity index (χ1) is 7.97. The van der Waals surface area contributed by atoms with Gasteiger partial charge in [0, 0.05) is 29.5 Å². The van der Waals surface area contributed by atoms with Gasteiger partial charge in [0.25, 0.3) is 0 Å². The van der Waals surface area contributed by atoms with Gasteiger partial charge in [0.1, 0.15) is 0 Å². The van der Waals surface area contributed by atoms with Crippen molar-refractivity contribution >= 4 is 11.3 Å². The monoisotopic (exact) mass is 255 g/mol. The van der Waals surface area contributed by atoms with Crippen LogP contribution in [0.15, 0.2) is 12.1 Å². The fraction of sp³-hybridized carbons (Fsp3) is 0.714. The van der Waals surface area contributed by atoms with E-state index in [1.165, 1.54) is 9.75 Å². The van der Waals surface area contributed by atoms with Crippen molar-refractivity contribution in [3.8, 4) is 0 Å². The summed E-state index contributed by atoms with van der Waals surface area (Å²) >= 11 is 1.91. The van der Waals surface area contributed by atoms with Gasteiger partial charge in [0.2, 0.25) is 0 Å². The molecule has 0 aliphatic rings. The molecule has 0 saturated heterocycles. The van der Waals surface area contributed by atoms with Crippen molar-refractivity contribution in [2.75, 3.05) is 13.7 Å². The van der Waals surface area contributed by atoms with Gasteiger partial charge in [0.15, 0.2) is 0 Å². The molecule has 1 heterocycles. The van der Waals surface area contributed by atoms with Gasteiger partial charge in [-0.25, -0.2) is 0 Å². The van der Waals surface area contributed by atoms with Crippen LogP contribution in [0.1, 0.15) is 43.9 Å². The molecular formula is C14H25NOS. The third-order valence-corrected chi connectivity index (χ3v) is 4.34. The van der Waals surface area contributed by atoms with Crippen LogP contribution in [-0.4, -0.2) is 19.8 Å². The highest BCUT2D eigenvalue weighted by molar-refractivity contribution is 7.12. The number of hydrogen-bond acceptors (Lipinski definition) is 3. The zero-order chi connectivity index (χ0) is 12.9. The second-order valence-electron chi connectivity index (χ2n) is 5.46. The van der Waals surface area contributed by atoms with Gasteiger partial charge >= 0.3 is 0 Å². The number of methoxy groups -OCH3 is 1. The second kappa shape index (κ2) is 6.53. The summed E-state index contributed by atoms with van der Waals surface area (Å²) in [6.07, 6.45) is 1.10. The van der Waals surface area contributed by atoms with Crippen LogP contribution in [-0.2, 0) is 16.7 Å². The topological polar surface area (TPSA) is 21.3 Å². The fourth-order valence-corrected chi connectivity index (χ4v) is 2.66. The predicted octanol–water partition coefficient (Wildman–Crippen LogP) is 3.56. The van der Waals surface area contributed by atoms with E-state index >= 15 is 0 Å². The predicted molar refractivity (Wildman–Crippen MR) is 75.8 cm³/mol. The maximum atomic E-state index is 5.18. The van der Waals surface area contributed by atoms with Crippen LogP contribution >= 0.6 is 11.3 Å². The lowest BCUT2D eigenvalue weighted by atomic mass is 9.95. The first-order valence-corrected chi connectivity index (χ1v) is 7.10. The maximum Gasteiger partial charge on any atom is 0.0615 e. The highest BCUT2D eigenvalue weighted by Gasteiger charge is 2.16. The lowest BCUT2D eigenvalue weighted by Crippen LogP contribution is -2.31. The van der Waals surface area contributed by atoms with E-state index in [-0.39, 0.29) is 5.41 Å². The van der Waals surface area contributed by atoms with E-state index in [9.17, 15) is 0 Å². The zero-order valence-corrected chi connectivity index (χ0v) is 12.5. The summed E-state index contributed by atoms with van der Waals surface area (Å²) in [5, 5.41) is 3.54. The van der Waals surface area contributed by atoms with Gasteiger partial charge in [-0.1, -0.05) is 27.7 Å². The molecule has 0 radical (unpaired) electrons. The normalized spacial score (nSPS) is 13.9. The molecule has 0 bridgehead atoms. The SMILES string of the molecule is CCC(COC)NCc1ccc(C(C)(C)C)s1. The number of hydrogen-bond donors (Lipinski definition) is 1. The molecule has 0 saturated carbocycles. The molecule has 0 amide bonds. The molecule has 0 aliphatic heterocycles. The fourth-order valence-electron chi connectivity index (χ4n) is 1.64. The average Bonchev–Trinajstić information content (AvgIpc) is 2.72. The molecule has 1 atom stereocenters. The van der Waals surface area contributed by atoms with Crippen molar-refractivity contribution in [1.82, 2.24) is 5.32 Å². The van der Waals surface area contributed by atoms with E-state index < -0.39 is 0 Å². The molecule has 3 heteroatoms. The number of thiophene rings is 1. The zero-order valence-electron chi connectivity index (χ0n) is 11.7. The van der Waals surface area contributed by atoms with Crippen LogP contribution in [0.25, 0.3) is 0 Å². The quantitative estimate of drug-likeness (QED) is 0.839. The first-order valence-electron chi connectivity index (χ1n) is 6.29. The highest BCUT2D eigenvalue weighted by Crippen LogP contribution is 2.29. The van der Waals surface area contributed by atoms with Crippen LogP contribution in [0.4, 0.5) is 0 Å². The Balaban J connectivity index is 2.49. The highest BCUT2D eigenvalue weighted by atomic mass is 32.1. The molecule has 1 aromatic heterocycles. The van der Waals surface area contributed by atoms with Crippen molar-refractivity contribution in [3.63, 3.8) is 0 Å². The Kier molecular flexibility index (Phi) is 5.63. The van der Waals surface area contributed by atoms with E-state index in [1.54, 1.807) is 7.11 Å². The van der Waals surface area contributed by atoms with Crippen molar-refractivity contribution < 1.29 is 4.74 Å². The third kappa shape index (κ3) is 4.78. The molecule has 98 valence electrons. The van der Waals surface area contributed by atoms with Gasteiger partial charge < -0.3 is 10.1 Å². The number of ether oxygens (including phenoxy) is 1. The maximum absolute atomic E-state index is 5.18. The van der Waals surface area contributed by atoms with E-state index in [0.717, 1.165) is 19.6 Å². The van der Waals surface area contributed by atoms with Crippen molar-refractivity contribution in [1.29, 1.82) is 0 Å². The molecule has 1 N–H and O–H groups in total. The number of nitrogens with one attached hydrogen (secondary N) is 1. The Hall–Kier alpha value is -0.380. The summed E-state index contributed by atoms with van der Waals surface area (Å²) in [6.45, 7) is 10.7. The molecule has 0 aromatic carbocycles. The van der Waals surface area contributed by atoms with Gasteiger partial charge in [-0.15, -0.1) is 11.3 Å². The largest absolute Gasteiger partial charge is 0.383 e. The number of rotatable bonds is 6. The van der Waals surface area contributed by atoms with Crippen molar-refractivity contribution in [2.45, 2.75) is 52.1 Å². The van der Waals surface area contributed by atoms with Gasteiger partial charge in [-0.2, -0.15) is 0 Å². The summed E-state index contributed by atoms with van der Waals surface area (Å²) in [4.78, 5) is 2.86. The summed E-state index contributed by atoms with van der Waals surface area (Å²) in [6, 6.07) is 4.94. The molecule has 2 nitrogen and oxygen atoms in total. The molecule has 1 aromatic rings. The van der Waals surface area contributed by atoms with E-state index in [4.69, 9.17) is 4.74 Å². The van der Waals surface area contributed by atoms with Crippen molar-refractivity contribution in [2.24, 2.45) is 0 Å². The first kappa shape index (κ1) is 14.7. The summed E-state index contributed by atoms with van der Waals surface area (Å²) < 4.78 is 5.18. The Bertz CT molecular complexity index is 327. The van der Waals surface area contributed by atoms with E-state index in [2.05, 4.69) is 45.1 Å².